The Morgan fingerprint density at radius 2 is 2.15 bits per heavy atom. The molecule has 2 heterocycles. The van der Waals surface area contributed by atoms with E-state index in [9.17, 15) is 9.59 Å². The second-order valence-corrected chi connectivity index (χ2v) is 5.25. The van der Waals surface area contributed by atoms with Crippen LogP contribution >= 0.6 is 0 Å². The van der Waals surface area contributed by atoms with Crippen molar-refractivity contribution in [2.24, 2.45) is 10.7 Å². The minimum Gasteiger partial charge on any atom is -0.368 e. The van der Waals surface area contributed by atoms with E-state index in [1.807, 2.05) is 30.3 Å². The molecule has 1 aromatic carbocycles. The van der Waals surface area contributed by atoms with Crippen molar-refractivity contribution in [1.82, 2.24) is 10.6 Å². The first-order chi connectivity index (χ1) is 9.59. The summed E-state index contributed by atoms with van der Waals surface area (Å²) in [5.41, 5.74) is 5.48. The summed E-state index contributed by atoms with van der Waals surface area (Å²) < 4.78 is 0. The number of hydrogen-bond donors (Lipinski definition) is 3. The standard InChI is InChI=1S/C14H16N4O2/c15-12(19)10-7-14(8-16-10)13(20)17-11(18-14)6-9-4-2-1-3-5-9/h1-5,10,16H,6-8H2,(H2,15,19)(H,17,18,20)/t10-,14+/m0/s1. The molecule has 6 nitrogen and oxygen atoms in total. The zero-order valence-corrected chi connectivity index (χ0v) is 10.9. The Labute approximate surface area is 116 Å². The molecule has 1 saturated heterocycles. The summed E-state index contributed by atoms with van der Waals surface area (Å²) >= 11 is 0. The number of benzene rings is 1. The van der Waals surface area contributed by atoms with Crippen LogP contribution in [0.15, 0.2) is 35.3 Å². The fourth-order valence-electron chi connectivity index (χ4n) is 2.69. The molecule has 3 rings (SSSR count). The quantitative estimate of drug-likeness (QED) is 0.681. The molecule has 2 aliphatic heterocycles. The normalized spacial score (nSPS) is 28.5. The van der Waals surface area contributed by atoms with E-state index < -0.39 is 17.5 Å². The molecule has 1 aromatic rings. The SMILES string of the molecule is NC(=O)[C@@H]1C[C@]2(CN1)N=C(Cc1ccccc1)NC2=O. The predicted molar refractivity (Wildman–Crippen MR) is 74.1 cm³/mol. The van der Waals surface area contributed by atoms with E-state index in [1.165, 1.54) is 0 Å². The van der Waals surface area contributed by atoms with Crippen LogP contribution in [0.3, 0.4) is 0 Å². The molecule has 1 spiro atoms. The number of amidine groups is 1. The highest BCUT2D eigenvalue weighted by Gasteiger charge is 2.50. The van der Waals surface area contributed by atoms with Gasteiger partial charge in [-0.1, -0.05) is 30.3 Å². The third kappa shape index (κ3) is 2.18. The zero-order valence-electron chi connectivity index (χ0n) is 10.9. The highest BCUT2D eigenvalue weighted by Crippen LogP contribution is 2.28. The Bertz CT molecular complexity index is 584. The van der Waals surface area contributed by atoms with Gasteiger partial charge in [0.15, 0.2) is 5.54 Å². The van der Waals surface area contributed by atoms with Gasteiger partial charge in [-0.2, -0.15) is 0 Å². The molecule has 0 bridgehead atoms. The fraction of sp³-hybridized carbons (Fsp3) is 0.357. The molecule has 20 heavy (non-hydrogen) atoms. The van der Waals surface area contributed by atoms with Crippen molar-refractivity contribution >= 4 is 17.6 Å². The first-order valence-electron chi connectivity index (χ1n) is 6.56. The van der Waals surface area contributed by atoms with Gasteiger partial charge in [0.1, 0.15) is 5.84 Å². The van der Waals surface area contributed by atoms with Gasteiger partial charge >= 0.3 is 0 Å². The van der Waals surface area contributed by atoms with E-state index in [1.54, 1.807) is 0 Å². The van der Waals surface area contributed by atoms with Gasteiger partial charge in [0.25, 0.3) is 5.91 Å². The van der Waals surface area contributed by atoms with Crippen molar-refractivity contribution in [3.63, 3.8) is 0 Å². The van der Waals surface area contributed by atoms with E-state index in [0.29, 0.717) is 25.2 Å². The van der Waals surface area contributed by atoms with Crippen molar-refractivity contribution in [1.29, 1.82) is 0 Å². The van der Waals surface area contributed by atoms with Crippen LogP contribution in [-0.2, 0) is 16.0 Å². The Balaban J connectivity index is 1.78. The highest BCUT2D eigenvalue weighted by atomic mass is 16.2. The number of carbonyl (C=O) groups excluding carboxylic acids is 2. The number of rotatable bonds is 3. The molecule has 104 valence electrons. The maximum atomic E-state index is 12.1. The second-order valence-electron chi connectivity index (χ2n) is 5.25. The summed E-state index contributed by atoms with van der Waals surface area (Å²) in [5, 5.41) is 5.77. The fourth-order valence-corrected chi connectivity index (χ4v) is 2.69. The number of carbonyl (C=O) groups is 2. The molecular weight excluding hydrogens is 256 g/mol. The number of nitrogens with one attached hydrogen (secondary N) is 2. The van der Waals surface area contributed by atoms with Crippen LogP contribution in [0.4, 0.5) is 0 Å². The highest BCUT2D eigenvalue weighted by molar-refractivity contribution is 6.09. The van der Waals surface area contributed by atoms with Crippen LogP contribution < -0.4 is 16.4 Å². The van der Waals surface area contributed by atoms with Gasteiger partial charge in [0.2, 0.25) is 5.91 Å². The van der Waals surface area contributed by atoms with Crippen molar-refractivity contribution < 1.29 is 9.59 Å². The molecule has 0 saturated carbocycles. The zero-order chi connectivity index (χ0) is 14.2. The summed E-state index contributed by atoms with van der Waals surface area (Å²) in [7, 11) is 0. The number of nitrogens with two attached hydrogens (primary N) is 1. The lowest BCUT2D eigenvalue weighted by molar-refractivity contribution is -0.123. The van der Waals surface area contributed by atoms with E-state index in [0.717, 1.165) is 5.56 Å². The van der Waals surface area contributed by atoms with Crippen LogP contribution in [0.2, 0.25) is 0 Å². The molecule has 6 heteroatoms. The number of primary amides is 1. The Morgan fingerprint density at radius 1 is 1.40 bits per heavy atom. The lowest BCUT2D eigenvalue weighted by atomic mass is 9.96. The molecule has 2 atom stereocenters. The number of amides is 2. The summed E-state index contributed by atoms with van der Waals surface area (Å²) in [5.74, 6) is 0.0502. The molecule has 2 amide bonds. The molecule has 1 fully saturated rings. The topological polar surface area (TPSA) is 96.6 Å². The minimum atomic E-state index is -0.871. The largest absolute Gasteiger partial charge is 0.368 e. The lowest BCUT2D eigenvalue weighted by Gasteiger charge is -2.14. The van der Waals surface area contributed by atoms with Gasteiger partial charge in [-0.25, -0.2) is 0 Å². The van der Waals surface area contributed by atoms with Gasteiger partial charge in [0, 0.05) is 19.4 Å². The Hall–Kier alpha value is -2.21. The van der Waals surface area contributed by atoms with Crippen molar-refractivity contribution in [3.05, 3.63) is 35.9 Å². The van der Waals surface area contributed by atoms with Gasteiger partial charge in [0.05, 0.1) is 6.04 Å². The second kappa shape index (κ2) is 4.72. The molecule has 0 radical (unpaired) electrons. The third-order valence-corrected chi connectivity index (χ3v) is 3.77. The average molecular weight is 272 g/mol. The molecule has 0 aliphatic carbocycles. The number of hydrogen-bond acceptors (Lipinski definition) is 4. The van der Waals surface area contributed by atoms with Gasteiger partial charge in [-0.3, -0.25) is 14.6 Å². The van der Waals surface area contributed by atoms with Crippen LogP contribution in [-0.4, -0.2) is 35.8 Å². The smallest absolute Gasteiger partial charge is 0.254 e. The van der Waals surface area contributed by atoms with E-state index in [2.05, 4.69) is 15.6 Å². The lowest BCUT2D eigenvalue weighted by Crippen LogP contribution is -2.41. The van der Waals surface area contributed by atoms with Gasteiger partial charge in [-0.15, -0.1) is 0 Å². The van der Waals surface area contributed by atoms with Crippen LogP contribution in [0.1, 0.15) is 12.0 Å². The van der Waals surface area contributed by atoms with E-state index in [-0.39, 0.29) is 5.91 Å². The van der Waals surface area contributed by atoms with Crippen LogP contribution in [0, 0.1) is 0 Å². The van der Waals surface area contributed by atoms with Crippen molar-refractivity contribution in [2.75, 3.05) is 6.54 Å². The first kappa shape index (κ1) is 12.8. The van der Waals surface area contributed by atoms with Gasteiger partial charge < -0.3 is 16.4 Å². The molecule has 4 N–H and O–H groups in total. The first-order valence-corrected chi connectivity index (χ1v) is 6.56. The van der Waals surface area contributed by atoms with Crippen LogP contribution in [0.5, 0.6) is 0 Å². The van der Waals surface area contributed by atoms with Crippen LogP contribution in [0.25, 0.3) is 0 Å². The van der Waals surface area contributed by atoms with Crippen molar-refractivity contribution in [2.45, 2.75) is 24.4 Å². The molecule has 0 aromatic heterocycles. The monoisotopic (exact) mass is 272 g/mol. The predicted octanol–water partition coefficient (Wildman–Crippen LogP) is -0.657. The maximum absolute atomic E-state index is 12.1. The number of nitrogens with zero attached hydrogens (tertiary/aromatic N) is 1. The summed E-state index contributed by atoms with van der Waals surface area (Å²) in [6.45, 7) is 0.352. The van der Waals surface area contributed by atoms with Crippen molar-refractivity contribution in [3.8, 4) is 0 Å². The molecule has 0 unspecified atom stereocenters. The number of aliphatic imine (C=N–C) groups is 1. The molecule has 2 aliphatic rings. The Morgan fingerprint density at radius 3 is 2.80 bits per heavy atom. The summed E-state index contributed by atoms with van der Waals surface area (Å²) in [6, 6.07) is 9.32. The minimum absolute atomic E-state index is 0.153. The third-order valence-electron chi connectivity index (χ3n) is 3.77. The average Bonchev–Trinajstić information content (AvgIpc) is 2.97. The van der Waals surface area contributed by atoms with E-state index in [4.69, 9.17) is 5.73 Å². The maximum Gasteiger partial charge on any atom is 0.254 e. The van der Waals surface area contributed by atoms with Gasteiger partial charge in [-0.05, 0) is 5.56 Å². The summed E-state index contributed by atoms with van der Waals surface area (Å²) in [4.78, 5) is 27.9. The Kier molecular flexibility index (Phi) is 3.02. The molecular formula is C14H16N4O2. The summed E-state index contributed by atoms with van der Waals surface area (Å²) in [6.07, 6.45) is 0.905. The van der Waals surface area contributed by atoms with E-state index >= 15 is 0 Å².